The molecule has 0 bridgehead atoms. The summed E-state index contributed by atoms with van der Waals surface area (Å²) in [6.07, 6.45) is 2.62. The van der Waals surface area contributed by atoms with Crippen LogP contribution >= 0.6 is 0 Å². The van der Waals surface area contributed by atoms with Gasteiger partial charge in [0, 0.05) is 0 Å². The number of fused-ring (bicyclic) bond motifs is 1. The number of aryl methyl sites for hydroxylation is 1. The Morgan fingerprint density at radius 3 is 3.27 bits per heavy atom. The molecule has 1 aliphatic heterocycles. The Morgan fingerprint density at radius 2 is 2.55 bits per heavy atom. The van der Waals surface area contributed by atoms with Crippen LogP contribution < -0.4 is 4.74 Å². The Bertz CT molecular complexity index is 256. The largest absolute Gasteiger partial charge is 0.476 e. The minimum atomic E-state index is 0.358. The number of ether oxygens (including phenoxy) is 1. The quantitative estimate of drug-likeness (QED) is 0.598. The van der Waals surface area contributed by atoms with Gasteiger partial charge >= 0.3 is 0 Å². The van der Waals surface area contributed by atoms with Crippen molar-refractivity contribution in [1.29, 1.82) is 0 Å². The fourth-order valence-corrected chi connectivity index (χ4v) is 1.18. The summed E-state index contributed by atoms with van der Waals surface area (Å²) in [6.45, 7) is 0.705. The van der Waals surface area contributed by atoms with E-state index in [1.54, 1.807) is 0 Å². The standard InChI is InChI=1S/C7H8N2O2/c10-4-6-8-5-2-1-3-11-7(5)9-6/h4H,1-3H2,(H,8,9). The molecule has 0 saturated heterocycles. The van der Waals surface area contributed by atoms with E-state index in [9.17, 15) is 4.79 Å². The average Bonchev–Trinajstić information content (AvgIpc) is 2.46. The van der Waals surface area contributed by atoms with Crippen molar-refractivity contribution in [2.75, 3.05) is 6.61 Å². The number of aldehydes is 1. The van der Waals surface area contributed by atoms with E-state index in [4.69, 9.17) is 4.74 Å². The zero-order valence-electron chi connectivity index (χ0n) is 5.96. The Labute approximate surface area is 63.6 Å². The van der Waals surface area contributed by atoms with Gasteiger partial charge in [-0.05, 0) is 12.8 Å². The second kappa shape index (κ2) is 2.38. The van der Waals surface area contributed by atoms with Crippen LogP contribution in [0.25, 0.3) is 0 Å². The number of hydrogen-bond acceptors (Lipinski definition) is 3. The third-order valence-electron chi connectivity index (χ3n) is 1.68. The highest BCUT2D eigenvalue weighted by Crippen LogP contribution is 2.20. The van der Waals surface area contributed by atoms with Gasteiger partial charge in [-0.3, -0.25) is 4.79 Å². The number of hydrogen-bond donors (Lipinski definition) is 1. The maximum Gasteiger partial charge on any atom is 0.235 e. The van der Waals surface area contributed by atoms with Crippen LogP contribution in [0.15, 0.2) is 0 Å². The van der Waals surface area contributed by atoms with Gasteiger partial charge in [0.25, 0.3) is 0 Å². The second-order valence-electron chi connectivity index (χ2n) is 2.48. The molecule has 2 heterocycles. The normalized spacial score (nSPS) is 15.3. The molecule has 4 heteroatoms. The molecule has 1 aromatic rings. The lowest BCUT2D eigenvalue weighted by atomic mass is 10.2. The van der Waals surface area contributed by atoms with Gasteiger partial charge in [0.1, 0.15) is 0 Å². The number of carbonyl (C=O) groups is 1. The van der Waals surface area contributed by atoms with E-state index in [0.29, 0.717) is 24.6 Å². The van der Waals surface area contributed by atoms with Crippen molar-refractivity contribution in [3.63, 3.8) is 0 Å². The molecular weight excluding hydrogens is 144 g/mol. The molecule has 0 radical (unpaired) electrons. The molecule has 1 aromatic heterocycles. The number of carbonyl (C=O) groups excluding carboxylic acids is 1. The molecule has 2 rings (SSSR count). The van der Waals surface area contributed by atoms with Crippen molar-refractivity contribution in [3.05, 3.63) is 11.5 Å². The molecule has 0 aliphatic carbocycles. The Morgan fingerprint density at radius 1 is 1.64 bits per heavy atom. The number of nitrogens with one attached hydrogen (secondary N) is 1. The first-order valence-electron chi connectivity index (χ1n) is 3.57. The molecule has 0 atom stereocenters. The van der Waals surface area contributed by atoms with Crippen molar-refractivity contribution >= 4 is 6.29 Å². The van der Waals surface area contributed by atoms with Crippen LogP contribution in [0.2, 0.25) is 0 Å². The number of aromatic nitrogens is 2. The summed E-state index contributed by atoms with van der Waals surface area (Å²) in [5.74, 6) is 0.954. The minimum Gasteiger partial charge on any atom is -0.476 e. The predicted octanol–water partition coefficient (Wildman–Crippen LogP) is 0.547. The van der Waals surface area contributed by atoms with E-state index >= 15 is 0 Å². The highest BCUT2D eigenvalue weighted by molar-refractivity contribution is 5.69. The van der Waals surface area contributed by atoms with Gasteiger partial charge in [0.2, 0.25) is 5.88 Å². The van der Waals surface area contributed by atoms with Crippen LogP contribution in [0.1, 0.15) is 22.7 Å². The maximum atomic E-state index is 10.3. The summed E-state index contributed by atoms with van der Waals surface area (Å²) >= 11 is 0. The number of imidazole rings is 1. The maximum absolute atomic E-state index is 10.3. The first-order chi connectivity index (χ1) is 5.40. The van der Waals surface area contributed by atoms with Gasteiger partial charge in [0.15, 0.2) is 12.1 Å². The van der Waals surface area contributed by atoms with E-state index in [1.807, 2.05) is 0 Å². The number of aromatic amines is 1. The molecule has 1 aliphatic rings. The Hall–Kier alpha value is -1.32. The minimum absolute atomic E-state index is 0.358. The van der Waals surface area contributed by atoms with E-state index in [-0.39, 0.29) is 0 Å². The molecule has 11 heavy (non-hydrogen) atoms. The number of rotatable bonds is 1. The third kappa shape index (κ3) is 1.00. The summed E-state index contributed by atoms with van der Waals surface area (Å²) in [5, 5.41) is 0. The van der Waals surface area contributed by atoms with Gasteiger partial charge < -0.3 is 9.72 Å². The molecule has 0 spiro atoms. The van der Waals surface area contributed by atoms with Crippen LogP contribution in [0.4, 0.5) is 0 Å². The van der Waals surface area contributed by atoms with Crippen LogP contribution in [0, 0.1) is 0 Å². The number of H-pyrrole nitrogens is 1. The lowest BCUT2D eigenvalue weighted by molar-refractivity contribution is 0.111. The number of nitrogens with zero attached hydrogens (tertiary/aromatic N) is 1. The fourth-order valence-electron chi connectivity index (χ4n) is 1.18. The van der Waals surface area contributed by atoms with Crippen LogP contribution in [0.5, 0.6) is 5.88 Å². The third-order valence-corrected chi connectivity index (χ3v) is 1.68. The van der Waals surface area contributed by atoms with Gasteiger partial charge in [-0.2, -0.15) is 4.98 Å². The topological polar surface area (TPSA) is 55.0 Å². The van der Waals surface area contributed by atoms with Crippen molar-refractivity contribution in [1.82, 2.24) is 9.97 Å². The fraction of sp³-hybridized carbons (Fsp3) is 0.429. The highest BCUT2D eigenvalue weighted by atomic mass is 16.5. The first-order valence-corrected chi connectivity index (χ1v) is 3.57. The lowest BCUT2D eigenvalue weighted by Crippen LogP contribution is -2.07. The molecule has 58 valence electrons. The second-order valence-corrected chi connectivity index (χ2v) is 2.48. The Kier molecular flexibility index (Phi) is 1.38. The molecule has 4 nitrogen and oxygen atoms in total. The van der Waals surface area contributed by atoms with E-state index in [0.717, 1.165) is 18.5 Å². The van der Waals surface area contributed by atoms with Crippen molar-refractivity contribution in [2.45, 2.75) is 12.8 Å². The smallest absolute Gasteiger partial charge is 0.235 e. The average molecular weight is 152 g/mol. The molecular formula is C7H8N2O2. The van der Waals surface area contributed by atoms with Gasteiger partial charge in [-0.1, -0.05) is 0 Å². The van der Waals surface area contributed by atoms with Gasteiger partial charge in [-0.15, -0.1) is 0 Å². The zero-order valence-corrected chi connectivity index (χ0v) is 5.96. The molecule has 0 fully saturated rings. The Balaban J connectivity index is 2.39. The zero-order chi connectivity index (χ0) is 7.68. The van der Waals surface area contributed by atoms with E-state index in [1.165, 1.54) is 0 Å². The van der Waals surface area contributed by atoms with Gasteiger partial charge in [0.05, 0.1) is 12.3 Å². The van der Waals surface area contributed by atoms with E-state index in [2.05, 4.69) is 9.97 Å². The van der Waals surface area contributed by atoms with Gasteiger partial charge in [-0.25, -0.2) is 0 Å². The summed E-state index contributed by atoms with van der Waals surface area (Å²) in [7, 11) is 0. The summed E-state index contributed by atoms with van der Waals surface area (Å²) < 4.78 is 5.20. The van der Waals surface area contributed by atoms with Crippen LogP contribution in [0.3, 0.4) is 0 Å². The molecule has 0 amide bonds. The monoisotopic (exact) mass is 152 g/mol. The summed E-state index contributed by atoms with van der Waals surface area (Å²) in [5.41, 5.74) is 0.943. The summed E-state index contributed by atoms with van der Waals surface area (Å²) in [6, 6.07) is 0. The van der Waals surface area contributed by atoms with Crippen molar-refractivity contribution in [3.8, 4) is 5.88 Å². The summed E-state index contributed by atoms with van der Waals surface area (Å²) in [4.78, 5) is 17.1. The molecule has 0 unspecified atom stereocenters. The van der Waals surface area contributed by atoms with Crippen LogP contribution in [-0.4, -0.2) is 22.9 Å². The first kappa shape index (κ1) is 6.39. The lowest BCUT2D eigenvalue weighted by Gasteiger charge is -2.09. The van der Waals surface area contributed by atoms with Crippen LogP contribution in [-0.2, 0) is 6.42 Å². The van der Waals surface area contributed by atoms with Crippen molar-refractivity contribution in [2.24, 2.45) is 0 Å². The molecule has 1 N–H and O–H groups in total. The predicted molar refractivity (Wildman–Crippen MR) is 37.8 cm³/mol. The molecule has 0 saturated carbocycles. The molecule has 0 aromatic carbocycles. The van der Waals surface area contributed by atoms with Crippen molar-refractivity contribution < 1.29 is 9.53 Å². The van der Waals surface area contributed by atoms with E-state index < -0.39 is 0 Å². The highest BCUT2D eigenvalue weighted by Gasteiger charge is 2.14. The SMILES string of the molecule is O=Cc1nc2c([nH]1)CCCO2.